The highest BCUT2D eigenvalue weighted by Gasteiger charge is 2.14. The van der Waals surface area contributed by atoms with Gasteiger partial charge in [-0.1, -0.05) is 6.08 Å². The zero-order valence-corrected chi connectivity index (χ0v) is 9.62. The third-order valence-electron chi connectivity index (χ3n) is 2.94. The first-order valence-corrected chi connectivity index (χ1v) is 5.42. The molecule has 0 atom stereocenters. The number of hydrogen-bond donors (Lipinski definition) is 0. The van der Waals surface area contributed by atoms with Crippen LogP contribution in [0.4, 0.5) is 0 Å². The number of imidazole rings is 1. The third-order valence-corrected chi connectivity index (χ3v) is 2.94. The van der Waals surface area contributed by atoms with E-state index in [1.165, 1.54) is 12.1 Å². The fourth-order valence-corrected chi connectivity index (χ4v) is 1.92. The predicted octanol–water partition coefficient (Wildman–Crippen LogP) is 2.39. The second kappa shape index (κ2) is 4.01. The molecule has 0 unspecified atom stereocenters. The number of fused-ring (bicyclic) bond motifs is 1. The summed E-state index contributed by atoms with van der Waals surface area (Å²) in [7, 11) is 2.08. The van der Waals surface area contributed by atoms with E-state index in [9.17, 15) is 0 Å². The Morgan fingerprint density at radius 1 is 1.33 bits per heavy atom. The first kappa shape index (κ1) is 10.1. The molecule has 3 nitrogen and oxygen atoms in total. The second-order valence-electron chi connectivity index (χ2n) is 4.00. The van der Waals surface area contributed by atoms with Crippen molar-refractivity contribution in [2.75, 3.05) is 0 Å². The number of aryl methyl sites for hydroxylation is 1. The van der Waals surface area contributed by atoms with Crippen molar-refractivity contribution in [3.05, 3.63) is 29.5 Å². The van der Waals surface area contributed by atoms with Crippen molar-refractivity contribution in [1.29, 1.82) is 0 Å². The van der Waals surface area contributed by atoms with E-state index < -0.39 is 0 Å². The van der Waals surface area contributed by atoms with Gasteiger partial charge in [-0.3, -0.25) is 4.99 Å². The van der Waals surface area contributed by atoms with Crippen LogP contribution in [-0.2, 0) is 13.5 Å². The number of nitrogens with zero attached hydrogens (tertiary/aromatic N) is 3. The molecular formula is C12H17N3. The smallest absolute Gasteiger partial charge is 0.106 e. The fourth-order valence-electron chi connectivity index (χ4n) is 1.92. The molecule has 2 heterocycles. The summed E-state index contributed by atoms with van der Waals surface area (Å²) in [4.78, 5) is 8.97. The maximum Gasteiger partial charge on any atom is 0.106 e. The summed E-state index contributed by atoms with van der Waals surface area (Å²) in [5.41, 5.74) is 3.41. The van der Waals surface area contributed by atoms with Gasteiger partial charge in [-0.2, -0.15) is 0 Å². The van der Waals surface area contributed by atoms with Crippen molar-refractivity contribution in [1.82, 2.24) is 9.55 Å². The number of aromatic nitrogens is 2. The molecule has 0 aliphatic carbocycles. The Bertz CT molecular complexity index is 424. The lowest BCUT2D eigenvalue weighted by molar-refractivity contribution is 0.740. The number of hydrogen-bond acceptors (Lipinski definition) is 2. The molecule has 1 aliphatic heterocycles. The fraction of sp³-hybridized carbons (Fsp3) is 0.500. The van der Waals surface area contributed by atoms with E-state index >= 15 is 0 Å². The standard InChI is InChI=1S/C12H17N3/c1-9-12-11(15(3)10(2)14-12)7-5-4-6-8-13-9/h6,8H,4-5,7H2,1-3H3/b8-6+,13-9?. The Labute approximate surface area is 90.6 Å². The van der Waals surface area contributed by atoms with Crippen molar-refractivity contribution in [3.63, 3.8) is 0 Å². The van der Waals surface area contributed by atoms with Crippen molar-refractivity contribution in [2.24, 2.45) is 12.0 Å². The molecule has 1 aromatic rings. The van der Waals surface area contributed by atoms with Crippen LogP contribution in [0.1, 0.15) is 37.0 Å². The Morgan fingerprint density at radius 2 is 2.13 bits per heavy atom. The van der Waals surface area contributed by atoms with Crippen molar-refractivity contribution < 1.29 is 0 Å². The molecule has 1 aromatic heterocycles. The number of allylic oxidation sites excluding steroid dienone is 1. The summed E-state index contributed by atoms with van der Waals surface area (Å²) in [6, 6.07) is 0. The van der Waals surface area contributed by atoms with E-state index in [0.29, 0.717) is 0 Å². The lowest BCUT2D eigenvalue weighted by atomic mass is 10.1. The van der Waals surface area contributed by atoms with E-state index in [1.54, 1.807) is 0 Å². The zero-order chi connectivity index (χ0) is 10.8. The SMILES string of the molecule is CC1=N/C=C/CCCc2c1nc(C)n2C. The van der Waals surface area contributed by atoms with Gasteiger partial charge in [0.25, 0.3) is 0 Å². The molecule has 0 N–H and O–H groups in total. The molecule has 2 rings (SSSR count). The van der Waals surface area contributed by atoms with Gasteiger partial charge in [0.05, 0.1) is 5.71 Å². The molecule has 0 aromatic carbocycles. The highest BCUT2D eigenvalue weighted by Crippen LogP contribution is 2.16. The van der Waals surface area contributed by atoms with Crippen molar-refractivity contribution >= 4 is 5.71 Å². The molecule has 1 aliphatic rings. The van der Waals surface area contributed by atoms with Crippen LogP contribution in [0, 0.1) is 6.92 Å². The van der Waals surface area contributed by atoms with Crippen LogP contribution in [0.5, 0.6) is 0 Å². The van der Waals surface area contributed by atoms with Gasteiger partial charge in [0.15, 0.2) is 0 Å². The molecule has 80 valence electrons. The highest BCUT2D eigenvalue weighted by molar-refractivity contribution is 5.98. The molecule has 0 spiro atoms. The summed E-state index contributed by atoms with van der Waals surface area (Å²) >= 11 is 0. The highest BCUT2D eigenvalue weighted by atomic mass is 15.1. The second-order valence-corrected chi connectivity index (χ2v) is 4.00. The monoisotopic (exact) mass is 203 g/mol. The van der Waals surface area contributed by atoms with Crippen LogP contribution in [0.25, 0.3) is 0 Å². The molecule has 0 saturated carbocycles. The maximum absolute atomic E-state index is 4.57. The zero-order valence-electron chi connectivity index (χ0n) is 9.62. The Morgan fingerprint density at radius 3 is 2.93 bits per heavy atom. The minimum atomic E-state index is 1.02. The van der Waals surface area contributed by atoms with Gasteiger partial charge in [-0.25, -0.2) is 4.98 Å². The van der Waals surface area contributed by atoms with E-state index in [2.05, 4.69) is 27.7 Å². The van der Waals surface area contributed by atoms with Crippen molar-refractivity contribution in [3.8, 4) is 0 Å². The van der Waals surface area contributed by atoms with Gasteiger partial charge in [0.1, 0.15) is 11.5 Å². The Hall–Kier alpha value is -1.38. The summed E-state index contributed by atoms with van der Waals surface area (Å²) < 4.78 is 2.18. The van der Waals surface area contributed by atoms with Gasteiger partial charge in [-0.15, -0.1) is 0 Å². The van der Waals surface area contributed by atoms with Gasteiger partial charge >= 0.3 is 0 Å². The topological polar surface area (TPSA) is 30.2 Å². The molecule has 0 radical (unpaired) electrons. The maximum atomic E-state index is 4.57. The van der Waals surface area contributed by atoms with Crippen LogP contribution < -0.4 is 0 Å². The molecule has 3 heteroatoms. The van der Waals surface area contributed by atoms with Gasteiger partial charge in [0, 0.05) is 18.9 Å². The normalized spacial score (nSPS) is 18.5. The Kier molecular flexibility index (Phi) is 2.71. The van der Waals surface area contributed by atoms with E-state index in [0.717, 1.165) is 30.1 Å². The molecule has 0 saturated heterocycles. The minimum Gasteiger partial charge on any atom is -0.335 e. The Balaban J connectivity index is 2.53. The van der Waals surface area contributed by atoms with Gasteiger partial charge in [-0.05, 0) is 33.1 Å². The van der Waals surface area contributed by atoms with Crippen LogP contribution >= 0.6 is 0 Å². The molecule has 15 heavy (non-hydrogen) atoms. The minimum absolute atomic E-state index is 1.02. The van der Waals surface area contributed by atoms with E-state index in [4.69, 9.17) is 0 Å². The molecule has 0 fully saturated rings. The van der Waals surface area contributed by atoms with Gasteiger partial charge in [0.2, 0.25) is 0 Å². The van der Waals surface area contributed by atoms with Crippen LogP contribution in [-0.4, -0.2) is 15.3 Å². The van der Waals surface area contributed by atoms with Crippen molar-refractivity contribution in [2.45, 2.75) is 33.1 Å². The summed E-state index contributed by atoms with van der Waals surface area (Å²) in [5, 5.41) is 0. The summed E-state index contributed by atoms with van der Waals surface area (Å²) in [6.45, 7) is 4.07. The number of aliphatic imine (C=N–C) groups is 1. The molecule has 0 amide bonds. The van der Waals surface area contributed by atoms with Crippen LogP contribution in [0.3, 0.4) is 0 Å². The average Bonchev–Trinajstić information content (AvgIpc) is 2.53. The van der Waals surface area contributed by atoms with Gasteiger partial charge < -0.3 is 4.57 Å². The van der Waals surface area contributed by atoms with Crippen LogP contribution in [0.15, 0.2) is 17.3 Å². The first-order valence-electron chi connectivity index (χ1n) is 5.42. The third kappa shape index (κ3) is 1.87. The lowest BCUT2D eigenvalue weighted by Crippen LogP contribution is -2.03. The quantitative estimate of drug-likeness (QED) is 0.636. The van der Waals surface area contributed by atoms with Crippen LogP contribution in [0.2, 0.25) is 0 Å². The van der Waals surface area contributed by atoms with E-state index in [-0.39, 0.29) is 0 Å². The first-order chi connectivity index (χ1) is 7.20. The largest absolute Gasteiger partial charge is 0.335 e. The molecular weight excluding hydrogens is 186 g/mol. The summed E-state index contributed by atoms with van der Waals surface area (Å²) in [6.07, 6.45) is 7.38. The average molecular weight is 203 g/mol. The summed E-state index contributed by atoms with van der Waals surface area (Å²) in [5.74, 6) is 1.07. The predicted molar refractivity (Wildman–Crippen MR) is 62.2 cm³/mol. The molecule has 0 bridgehead atoms. The van der Waals surface area contributed by atoms with E-state index in [1.807, 2.05) is 20.0 Å². The lowest BCUT2D eigenvalue weighted by Gasteiger charge is -2.04. The number of rotatable bonds is 0.